The van der Waals surface area contributed by atoms with Crippen LogP contribution in [0.3, 0.4) is 0 Å². The van der Waals surface area contributed by atoms with E-state index in [0.717, 1.165) is 4.90 Å². The number of nitrogens with zero attached hydrogens (tertiary/aromatic N) is 1. The van der Waals surface area contributed by atoms with Crippen LogP contribution in [0.4, 0.5) is 0 Å². The summed E-state index contributed by atoms with van der Waals surface area (Å²) in [4.78, 5) is 13.1. The van der Waals surface area contributed by atoms with Gasteiger partial charge in [-0.1, -0.05) is 31.1 Å². The van der Waals surface area contributed by atoms with Gasteiger partial charge in [0.15, 0.2) is 5.84 Å². The van der Waals surface area contributed by atoms with Crippen LogP contribution in [0, 0.1) is 5.92 Å². The topological polar surface area (TPSA) is 87.7 Å². The summed E-state index contributed by atoms with van der Waals surface area (Å²) < 4.78 is 0. The lowest BCUT2D eigenvalue weighted by Crippen LogP contribution is -2.47. The van der Waals surface area contributed by atoms with Crippen LogP contribution in [0.15, 0.2) is 34.3 Å². The lowest BCUT2D eigenvalue weighted by Gasteiger charge is -2.21. The summed E-state index contributed by atoms with van der Waals surface area (Å²) >= 11 is 1.50. The summed E-state index contributed by atoms with van der Waals surface area (Å²) in [6.45, 7) is 3.78. The van der Waals surface area contributed by atoms with Gasteiger partial charge in [-0.25, -0.2) is 0 Å². The molecule has 0 heterocycles. The number of oxime groups is 1. The van der Waals surface area contributed by atoms with E-state index in [2.05, 4.69) is 10.5 Å². The van der Waals surface area contributed by atoms with E-state index in [1.807, 2.05) is 38.3 Å². The van der Waals surface area contributed by atoms with Crippen LogP contribution < -0.4 is 11.1 Å². The largest absolute Gasteiger partial charge is 0.409 e. The maximum absolute atomic E-state index is 12.2. The molecule has 0 saturated carbocycles. The Bertz CT molecular complexity index is 475. The minimum atomic E-state index is -0.493. The molecule has 1 amide bonds. The zero-order chi connectivity index (χ0) is 14.4. The normalized spacial score (nSPS) is 13.4. The van der Waals surface area contributed by atoms with E-state index in [9.17, 15) is 4.79 Å². The minimum absolute atomic E-state index is 0.00461. The average Bonchev–Trinajstić information content (AvgIpc) is 2.43. The summed E-state index contributed by atoms with van der Waals surface area (Å²) in [6, 6.07) is 6.83. The van der Waals surface area contributed by atoms with Gasteiger partial charge in [-0.15, -0.1) is 11.8 Å². The van der Waals surface area contributed by atoms with Crippen molar-refractivity contribution in [2.24, 2.45) is 16.8 Å². The number of hydrogen-bond acceptors (Lipinski definition) is 4. The Balaban J connectivity index is 2.94. The minimum Gasteiger partial charge on any atom is -0.409 e. The van der Waals surface area contributed by atoms with Crippen molar-refractivity contribution in [3.63, 3.8) is 0 Å². The Kier molecular flexibility index (Phi) is 5.69. The third-order valence-corrected chi connectivity index (χ3v) is 3.53. The van der Waals surface area contributed by atoms with Gasteiger partial charge < -0.3 is 16.3 Å². The number of amidine groups is 1. The van der Waals surface area contributed by atoms with Gasteiger partial charge in [0.05, 0.1) is 11.6 Å². The number of amides is 1. The smallest absolute Gasteiger partial charge is 0.253 e. The summed E-state index contributed by atoms with van der Waals surface area (Å²) in [5, 5.41) is 14.5. The molecule has 0 saturated heterocycles. The summed E-state index contributed by atoms with van der Waals surface area (Å²) in [6.07, 6.45) is 1.91. The number of carbonyl (C=O) groups excluding carboxylic acids is 1. The molecule has 5 nitrogen and oxygen atoms in total. The van der Waals surface area contributed by atoms with Crippen LogP contribution in [0.5, 0.6) is 0 Å². The van der Waals surface area contributed by atoms with Crippen molar-refractivity contribution < 1.29 is 10.0 Å². The molecule has 0 bridgehead atoms. The number of benzene rings is 1. The number of nitrogens with one attached hydrogen (secondary N) is 1. The molecule has 1 unspecified atom stereocenters. The second-order valence-corrected chi connectivity index (χ2v) is 5.27. The molecule has 1 rings (SSSR count). The van der Waals surface area contributed by atoms with Crippen LogP contribution in [-0.2, 0) is 0 Å². The number of carbonyl (C=O) groups is 1. The van der Waals surface area contributed by atoms with Gasteiger partial charge in [-0.2, -0.15) is 0 Å². The molecule has 0 radical (unpaired) electrons. The third kappa shape index (κ3) is 3.89. The molecule has 19 heavy (non-hydrogen) atoms. The fourth-order valence-corrected chi connectivity index (χ4v) is 2.29. The maximum atomic E-state index is 12.2. The Hall–Kier alpha value is -1.69. The number of nitrogens with two attached hydrogens (primary N) is 1. The van der Waals surface area contributed by atoms with Gasteiger partial charge in [0.25, 0.3) is 5.91 Å². The van der Waals surface area contributed by atoms with E-state index in [1.54, 1.807) is 6.07 Å². The van der Waals surface area contributed by atoms with Gasteiger partial charge in [0, 0.05) is 4.90 Å². The lowest BCUT2D eigenvalue weighted by molar-refractivity contribution is 0.0936. The molecule has 0 fully saturated rings. The Morgan fingerprint density at radius 2 is 2.05 bits per heavy atom. The first-order valence-corrected chi connectivity index (χ1v) is 7.15. The standard InChI is InChI=1S/C13H19N3O2S/c1-8(2)11(12(14)16-18)15-13(17)9-6-4-5-7-10(9)19-3/h4-8,11,18H,1-3H3,(H2,14,16)(H,15,17). The highest BCUT2D eigenvalue weighted by molar-refractivity contribution is 7.98. The second-order valence-electron chi connectivity index (χ2n) is 4.42. The molecule has 1 aromatic rings. The molecular weight excluding hydrogens is 262 g/mol. The van der Waals surface area contributed by atoms with Crippen molar-refractivity contribution >= 4 is 23.5 Å². The van der Waals surface area contributed by atoms with Crippen LogP contribution in [0.2, 0.25) is 0 Å². The Labute approximate surface area is 117 Å². The maximum Gasteiger partial charge on any atom is 0.253 e. The van der Waals surface area contributed by atoms with Crippen molar-refractivity contribution in [1.29, 1.82) is 0 Å². The molecule has 0 aliphatic heterocycles. The first kappa shape index (κ1) is 15.4. The summed E-state index contributed by atoms with van der Waals surface area (Å²) in [5.74, 6) is -0.193. The fraction of sp³-hybridized carbons (Fsp3) is 0.385. The predicted molar refractivity (Wildman–Crippen MR) is 77.7 cm³/mol. The highest BCUT2D eigenvalue weighted by Crippen LogP contribution is 2.20. The second kappa shape index (κ2) is 7.04. The van der Waals surface area contributed by atoms with Crippen LogP contribution in [0.1, 0.15) is 24.2 Å². The van der Waals surface area contributed by atoms with Crippen LogP contribution in [0.25, 0.3) is 0 Å². The summed E-state index contributed by atoms with van der Waals surface area (Å²) in [5.41, 5.74) is 6.18. The quantitative estimate of drug-likeness (QED) is 0.253. The Morgan fingerprint density at radius 3 is 2.58 bits per heavy atom. The summed E-state index contributed by atoms with van der Waals surface area (Å²) in [7, 11) is 0. The number of thioether (sulfide) groups is 1. The monoisotopic (exact) mass is 281 g/mol. The van der Waals surface area contributed by atoms with Gasteiger partial charge in [-0.3, -0.25) is 4.79 Å². The van der Waals surface area contributed by atoms with Crippen LogP contribution in [-0.4, -0.2) is 29.2 Å². The van der Waals surface area contributed by atoms with E-state index in [0.29, 0.717) is 5.56 Å². The molecule has 1 aromatic carbocycles. The third-order valence-electron chi connectivity index (χ3n) is 2.74. The highest BCUT2D eigenvalue weighted by Gasteiger charge is 2.22. The number of rotatable bonds is 5. The van der Waals surface area contributed by atoms with Gasteiger partial charge in [0.2, 0.25) is 0 Å². The SMILES string of the molecule is CSc1ccccc1C(=O)NC(C(N)=NO)C(C)C. The van der Waals surface area contributed by atoms with Crippen molar-refractivity contribution in [2.45, 2.75) is 24.8 Å². The molecule has 0 spiro atoms. The van der Waals surface area contributed by atoms with E-state index in [1.165, 1.54) is 11.8 Å². The van der Waals surface area contributed by atoms with Gasteiger partial charge in [0.1, 0.15) is 0 Å². The highest BCUT2D eigenvalue weighted by atomic mass is 32.2. The van der Waals surface area contributed by atoms with E-state index in [-0.39, 0.29) is 17.7 Å². The van der Waals surface area contributed by atoms with Crippen molar-refractivity contribution in [1.82, 2.24) is 5.32 Å². The van der Waals surface area contributed by atoms with Crippen molar-refractivity contribution in [3.8, 4) is 0 Å². The first-order valence-electron chi connectivity index (χ1n) is 5.92. The molecule has 104 valence electrons. The van der Waals surface area contributed by atoms with Crippen molar-refractivity contribution in [3.05, 3.63) is 29.8 Å². The fourth-order valence-electron chi connectivity index (χ4n) is 1.70. The molecule has 0 aromatic heterocycles. The molecule has 6 heteroatoms. The van der Waals surface area contributed by atoms with E-state index in [4.69, 9.17) is 10.9 Å². The van der Waals surface area contributed by atoms with Crippen molar-refractivity contribution in [2.75, 3.05) is 6.26 Å². The Morgan fingerprint density at radius 1 is 1.42 bits per heavy atom. The van der Waals surface area contributed by atoms with Gasteiger partial charge in [-0.05, 0) is 24.3 Å². The molecule has 0 aliphatic carbocycles. The van der Waals surface area contributed by atoms with E-state index >= 15 is 0 Å². The zero-order valence-corrected chi connectivity index (χ0v) is 12.1. The molecular formula is C13H19N3O2S. The molecule has 4 N–H and O–H groups in total. The zero-order valence-electron chi connectivity index (χ0n) is 11.3. The lowest BCUT2D eigenvalue weighted by atomic mass is 10.0. The van der Waals surface area contributed by atoms with Gasteiger partial charge >= 0.3 is 0 Å². The van der Waals surface area contributed by atoms with E-state index < -0.39 is 6.04 Å². The average molecular weight is 281 g/mol. The number of hydrogen-bond donors (Lipinski definition) is 3. The molecule has 1 atom stereocenters. The molecule has 0 aliphatic rings. The predicted octanol–water partition coefficient (Wildman–Crippen LogP) is 1.91. The van der Waals surface area contributed by atoms with Crippen LogP contribution >= 0.6 is 11.8 Å². The first-order chi connectivity index (χ1) is 9.01.